The van der Waals surface area contributed by atoms with Gasteiger partial charge < -0.3 is 5.32 Å². The molecule has 3 heteroatoms. The average Bonchev–Trinajstić information content (AvgIpc) is 2.73. The summed E-state index contributed by atoms with van der Waals surface area (Å²) in [7, 11) is 0. The first-order chi connectivity index (χ1) is 8.36. The summed E-state index contributed by atoms with van der Waals surface area (Å²) >= 11 is 0. The van der Waals surface area contributed by atoms with Crippen LogP contribution in [0.25, 0.3) is 10.9 Å². The third-order valence-corrected chi connectivity index (χ3v) is 2.85. The van der Waals surface area contributed by atoms with Gasteiger partial charge in [0, 0.05) is 18.5 Å². The first kappa shape index (κ1) is 11.9. The minimum Gasteiger partial charge on any atom is -0.311 e. The third-order valence-electron chi connectivity index (χ3n) is 2.85. The zero-order chi connectivity index (χ0) is 12.1. The molecule has 1 heterocycles. The van der Waals surface area contributed by atoms with Gasteiger partial charge in [-0.25, -0.2) is 0 Å². The molecule has 2 aromatic rings. The Morgan fingerprint density at radius 1 is 1.41 bits per heavy atom. The van der Waals surface area contributed by atoms with Gasteiger partial charge >= 0.3 is 0 Å². The molecule has 0 unspecified atom stereocenters. The highest BCUT2D eigenvalue weighted by atomic mass is 15.3. The van der Waals surface area contributed by atoms with Gasteiger partial charge in [0.05, 0.1) is 11.2 Å². The molecule has 1 aromatic heterocycles. The SMILES string of the molecule is C=CCCNCc1nn(CC)c2ccccc12. The second-order valence-corrected chi connectivity index (χ2v) is 4.03. The molecule has 0 aliphatic heterocycles. The number of nitrogens with one attached hydrogen (secondary N) is 1. The Morgan fingerprint density at radius 2 is 2.24 bits per heavy atom. The lowest BCUT2D eigenvalue weighted by atomic mass is 10.2. The van der Waals surface area contributed by atoms with Gasteiger partial charge in [0.25, 0.3) is 0 Å². The molecule has 2 rings (SSSR count). The van der Waals surface area contributed by atoms with Gasteiger partial charge in [0.1, 0.15) is 0 Å². The lowest BCUT2D eigenvalue weighted by Gasteiger charge is -1.99. The number of para-hydroxylation sites is 1. The number of aromatic nitrogens is 2. The van der Waals surface area contributed by atoms with Crippen LogP contribution in [-0.2, 0) is 13.1 Å². The second-order valence-electron chi connectivity index (χ2n) is 4.03. The zero-order valence-electron chi connectivity index (χ0n) is 10.3. The van der Waals surface area contributed by atoms with E-state index in [-0.39, 0.29) is 0 Å². The van der Waals surface area contributed by atoms with Crippen molar-refractivity contribution < 1.29 is 0 Å². The molecule has 0 saturated carbocycles. The summed E-state index contributed by atoms with van der Waals surface area (Å²) < 4.78 is 2.06. The first-order valence-electron chi connectivity index (χ1n) is 6.13. The highest BCUT2D eigenvalue weighted by molar-refractivity contribution is 5.81. The van der Waals surface area contributed by atoms with Crippen molar-refractivity contribution in [2.45, 2.75) is 26.4 Å². The van der Waals surface area contributed by atoms with Crippen LogP contribution in [-0.4, -0.2) is 16.3 Å². The van der Waals surface area contributed by atoms with Crippen molar-refractivity contribution in [1.29, 1.82) is 0 Å². The van der Waals surface area contributed by atoms with E-state index in [1.165, 1.54) is 10.9 Å². The maximum Gasteiger partial charge on any atom is 0.0841 e. The molecule has 0 spiro atoms. The van der Waals surface area contributed by atoms with E-state index in [2.05, 4.69) is 52.9 Å². The molecule has 90 valence electrons. The summed E-state index contributed by atoms with van der Waals surface area (Å²) in [6, 6.07) is 8.39. The third kappa shape index (κ3) is 2.56. The molecule has 0 saturated heterocycles. The van der Waals surface area contributed by atoms with Crippen LogP contribution in [0.2, 0.25) is 0 Å². The highest BCUT2D eigenvalue weighted by Gasteiger charge is 2.07. The minimum absolute atomic E-state index is 0.821. The Labute approximate surface area is 102 Å². The number of hydrogen-bond donors (Lipinski definition) is 1. The molecule has 0 bridgehead atoms. The van der Waals surface area contributed by atoms with Crippen molar-refractivity contribution >= 4 is 10.9 Å². The van der Waals surface area contributed by atoms with Crippen molar-refractivity contribution in [3.63, 3.8) is 0 Å². The fraction of sp³-hybridized carbons (Fsp3) is 0.357. The van der Waals surface area contributed by atoms with Gasteiger partial charge in [-0.1, -0.05) is 24.3 Å². The topological polar surface area (TPSA) is 29.9 Å². The number of aryl methyl sites for hydroxylation is 1. The summed E-state index contributed by atoms with van der Waals surface area (Å²) in [6.45, 7) is 8.52. The van der Waals surface area contributed by atoms with E-state index in [9.17, 15) is 0 Å². The Morgan fingerprint density at radius 3 is 3.00 bits per heavy atom. The predicted octanol–water partition coefficient (Wildman–Crippen LogP) is 2.72. The zero-order valence-corrected chi connectivity index (χ0v) is 10.3. The monoisotopic (exact) mass is 229 g/mol. The quantitative estimate of drug-likeness (QED) is 0.609. The first-order valence-corrected chi connectivity index (χ1v) is 6.13. The van der Waals surface area contributed by atoms with Crippen LogP contribution in [0, 0.1) is 0 Å². The molecule has 0 aliphatic carbocycles. The lowest BCUT2D eigenvalue weighted by molar-refractivity contribution is 0.634. The van der Waals surface area contributed by atoms with Crippen LogP contribution in [0.4, 0.5) is 0 Å². The predicted molar refractivity (Wildman–Crippen MR) is 71.9 cm³/mol. The van der Waals surface area contributed by atoms with Gasteiger partial charge in [-0.05, 0) is 26.0 Å². The number of benzene rings is 1. The summed E-state index contributed by atoms with van der Waals surface area (Å²) in [6.07, 6.45) is 2.92. The van der Waals surface area contributed by atoms with E-state index < -0.39 is 0 Å². The molecule has 0 atom stereocenters. The summed E-state index contributed by atoms with van der Waals surface area (Å²) in [5.41, 5.74) is 2.35. The maximum atomic E-state index is 4.63. The number of nitrogens with zero attached hydrogens (tertiary/aromatic N) is 2. The standard InChI is InChI=1S/C14H19N3/c1-3-5-10-15-11-13-12-8-6-7-9-14(12)17(4-2)16-13/h3,6-9,15H,1,4-5,10-11H2,2H3. The lowest BCUT2D eigenvalue weighted by Crippen LogP contribution is -2.14. The fourth-order valence-corrected chi connectivity index (χ4v) is 1.98. The number of hydrogen-bond acceptors (Lipinski definition) is 2. The Hall–Kier alpha value is -1.61. The maximum absolute atomic E-state index is 4.63. The van der Waals surface area contributed by atoms with E-state index in [1.807, 2.05) is 6.08 Å². The molecular weight excluding hydrogens is 210 g/mol. The molecule has 1 aromatic carbocycles. The smallest absolute Gasteiger partial charge is 0.0841 e. The number of fused-ring (bicyclic) bond motifs is 1. The molecule has 0 amide bonds. The molecule has 0 radical (unpaired) electrons. The molecule has 1 N–H and O–H groups in total. The number of rotatable bonds is 6. The minimum atomic E-state index is 0.821. The Kier molecular flexibility index (Phi) is 3.94. The Bertz CT molecular complexity index is 499. The van der Waals surface area contributed by atoms with Crippen molar-refractivity contribution in [3.05, 3.63) is 42.6 Å². The fourth-order valence-electron chi connectivity index (χ4n) is 1.98. The van der Waals surface area contributed by atoms with Gasteiger partial charge in [-0.3, -0.25) is 4.68 Å². The molecule has 17 heavy (non-hydrogen) atoms. The van der Waals surface area contributed by atoms with Gasteiger partial charge in [0.2, 0.25) is 0 Å². The summed E-state index contributed by atoms with van der Waals surface area (Å²) in [5.74, 6) is 0. The molecular formula is C14H19N3. The van der Waals surface area contributed by atoms with E-state index in [4.69, 9.17) is 0 Å². The normalized spacial score (nSPS) is 10.9. The van der Waals surface area contributed by atoms with Crippen molar-refractivity contribution in [1.82, 2.24) is 15.1 Å². The van der Waals surface area contributed by atoms with E-state index in [0.29, 0.717) is 0 Å². The summed E-state index contributed by atoms with van der Waals surface area (Å²) in [4.78, 5) is 0. The van der Waals surface area contributed by atoms with Crippen LogP contribution >= 0.6 is 0 Å². The molecule has 0 aliphatic rings. The second kappa shape index (κ2) is 5.64. The molecule has 3 nitrogen and oxygen atoms in total. The van der Waals surface area contributed by atoms with Crippen LogP contribution < -0.4 is 5.32 Å². The van der Waals surface area contributed by atoms with E-state index in [0.717, 1.165) is 31.7 Å². The molecule has 0 fully saturated rings. The van der Waals surface area contributed by atoms with Gasteiger partial charge in [-0.15, -0.1) is 6.58 Å². The van der Waals surface area contributed by atoms with Crippen LogP contribution in [0.15, 0.2) is 36.9 Å². The van der Waals surface area contributed by atoms with E-state index in [1.54, 1.807) is 0 Å². The van der Waals surface area contributed by atoms with Gasteiger partial charge in [0.15, 0.2) is 0 Å². The van der Waals surface area contributed by atoms with Crippen LogP contribution in [0.3, 0.4) is 0 Å². The van der Waals surface area contributed by atoms with Gasteiger partial charge in [-0.2, -0.15) is 5.10 Å². The largest absolute Gasteiger partial charge is 0.311 e. The highest BCUT2D eigenvalue weighted by Crippen LogP contribution is 2.18. The van der Waals surface area contributed by atoms with Crippen LogP contribution in [0.1, 0.15) is 19.0 Å². The summed E-state index contributed by atoms with van der Waals surface area (Å²) in [5, 5.41) is 9.27. The van der Waals surface area contributed by atoms with E-state index >= 15 is 0 Å². The average molecular weight is 229 g/mol. The van der Waals surface area contributed by atoms with Crippen molar-refractivity contribution in [2.75, 3.05) is 6.54 Å². The van der Waals surface area contributed by atoms with Crippen molar-refractivity contribution in [3.8, 4) is 0 Å². The van der Waals surface area contributed by atoms with Crippen LogP contribution in [0.5, 0.6) is 0 Å². The van der Waals surface area contributed by atoms with Crippen molar-refractivity contribution in [2.24, 2.45) is 0 Å². The Balaban J connectivity index is 2.19.